The van der Waals surface area contributed by atoms with Crippen molar-refractivity contribution >= 4 is 75.0 Å². The summed E-state index contributed by atoms with van der Waals surface area (Å²) in [5.74, 6) is -0.834. The van der Waals surface area contributed by atoms with Crippen LogP contribution in [0.25, 0.3) is 0 Å². The van der Waals surface area contributed by atoms with Crippen LogP contribution in [-0.2, 0) is 9.53 Å². The molecule has 1 aromatic carbocycles. The molecular formula is C23H21Cl2N3O5S2. The second-order valence-electron chi connectivity index (χ2n) is 7.60. The van der Waals surface area contributed by atoms with E-state index in [4.69, 9.17) is 27.9 Å². The first-order valence-electron chi connectivity index (χ1n) is 10.6. The van der Waals surface area contributed by atoms with E-state index in [1.807, 2.05) is 0 Å². The van der Waals surface area contributed by atoms with Crippen LogP contribution in [0.1, 0.15) is 19.3 Å². The van der Waals surface area contributed by atoms with Crippen LogP contribution in [0.4, 0.5) is 11.4 Å². The van der Waals surface area contributed by atoms with Gasteiger partial charge in [0.25, 0.3) is 17.7 Å². The maximum Gasteiger partial charge on any atom is 0.268 e. The van der Waals surface area contributed by atoms with Crippen molar-refractivity contribution in [3.63, 3.8) is 0 Å². The Hall–Kier alpha value is -2.47. The number of hydrogen-bond donors (Lipinski definition) is 2. The van der Waals surface area contributed by atoms with Crippen LogP contribution in [0.15, 0.2) is 48.5 Å². The molecule has 1 unspecified atom stereocenters. The maximum atomic E-state index is 13.3. The van der Waals surface area contributed by atoms with Gasteiger partial charge in [-0.15, -0.1) is 22.7 Å². The number of ether oxygens (including phenoxy) is 1. The van der Waals surface area contributed by atoms with Crippen molar-refractivity contribution in [3.8, 4) is 0 Å². The van der Waals surface area contributed by atoms with Crippen LogP contribution in [0, 0.1) is 0 Å². The van der Waals surface area contributed by atoms with Gasteiger partial charge in [-0.3, -0.25) is 14.4 Å². The Morgan fingerprint density at radius 1 is 1.06 bits per heavy atom. The molecule has 35 heavy (non-hydrogen) atoms. The Bertz CT molecular complexity index is 1210. The zero-order valence-electron chi connectivity index (χ0n) is 18.3. The molecule has 3 aromatic rings. The van der Waals surface area contributed by atoms with E-state index >= 15 is 0 Å². The Kier molecular flexibility index (Phi) is 8.42. The molecule has 1 aliphatic heterocycles. The lowest BCUT2D eigenvalue weighted by Crippen LogP contribution is -2.43. The molecule has 3 amide bonds. The lowest BCUT2D eigenvalue weighted by molar-refractivity contribution is -0.125. The van der Waals surface area contributed by atoms with E-state index < -0.39 is 6.10 Å². The number of anilines is 2. The summed E-state index contributed by atoms with van der Waals surface area (Å²) in [5, 5.41) is 13.3. The molecule has 1 aliphatic rings. The summed E-state index contributed by atoms with van der Waals surface area (Å²) < 4.78 is 6.13. The van der Waals surface area contributed by atoms with Gasteiger partial charge in [0.2, 0.25) is 0 Å². The molecule has 0 spiro atoms. The minimum Gasteiger partial charge on any atom is -0.389 e. The molecule has 1 fully saturated rings. The molecule has 8 nitrogen and oxygen atoms in total. The van der Waals surface area contributed by atoms with Gasteiger partial charge in [0, 0.05) is 24.5 Å². The molecule has 2 aromatic heterocycles. The van der Waals surface area contributed by atoms with Gasteiger partial charge in [-0.05, 0) is 48.5 Å². The van der Waals surface area contributed by atoms with Crippen molar-refractivity contribution in [1.29, 1.82) is 0 Å². The molecule has 3 heterocycles. The molecule has 12 heteroatoms. The molecular weight excluding hydrogens is 533 g/mol. The summed E-state index contributed by atoms with van der Waals surface area (Å²) in [6.07, 6.45) is -1.05. The highest BCUT2D eigenvalue weighted by atomic mass is 35.5. The third-order valence-corrected chi connectivity index (χ3v) is 7.63. The highest BCUT2D eigenvalue weighted by molar-refractivity contribution is 7.18. The van der Waals surface area contributed by atoms with Gasteiger partial charge in [-0.2, -0.15) is 0 Å². The Balaban J connectivity index is 1.49. The summed E-state index contributed by atoms with van der Waals surface area (Å²) in [5.41, 5.74) is 1.22. The molecule has 0 saturated carbocycles. The van der Waals surface area contributed by atoms with E-state index in [0.717, 1.165) is 22.7 Å². The van der Waals surface area contributed by atoms with Gasteiger partial charge in [0.1, 0.15) is 6.61 Å². The van der Waals surface area contributed by atoms with Gasteiger partial charge >= 0.3 is 0 Å². The van der Waals surface area contributed by atoms with E-state index in [0.29, 0.717) is 43.0 Å². The Morgan fingerprint density at radius 2 is 1.71 bits per heavy atom. The van der Waals surface area contributed by atoms with Crippen LogP contribution in [0.5, 0.6) is 0 Å². The first kappa shape index (κ1) is 25.6. The SMILES string of the molecule is O=C(NCC(O)CN(C(=O)c1ccc(Cl)s1)c1ccc(N2CCOCC2=O)cc1)c1ccc(Cl)s1. The predicted molar refractivity (Wildman–Crippen MR) is 138 cm³/mol. The average molecular weight is 554 g/mol. The quantitative estimate of drug-likeness (QED) is 0.440. The van der Waals surface area contributed by atoms with E-state index in [1.54, 1.807) is 53.4 Å². The molecule has 4 rings (SSSR count). The normalized spacial score (nSPS) is 14.6. The third-order valence-electron chi connectivity index (χ3n) is 5.18. The van der Waals surface area contributed by atoms with E-state index in [-0.39, 0.29) is 37.4 Å². The topological polar surface area (TPSA) is 99.2 Å². The first-order valence-corrected chi connectivity index (χ1v) is 13.0. The number of amides is 3. The monoisotopic (exact) mass is 553 g/mol. The minimum atomic E-state index is -1.05. The van der Waals surface area contributed by atoms with Crippen molar-refractivity contribution in [2.75, 3.05) is 42.6 Å². The molecule has 1 saturated heterocycles. The third kappa shape index (κ3) is 6.40. The molecule has 184 valence electrons. The number of nitrogens with one attached hydrogen (secondary N) is 1. The second-order valence-corrected chi connectivity index (χ2v) is 11.0. The number of carbonyl (C=O) groups is 3. The summed E-state index contributed by atoms with van der Waals surface area (Å²) >= 11 is 14.2. The zero-order valence-corrected chi connectivity index (χ0v) is 21.4. The fraction of sp³-hybridized carbons (Fsp3) is 0.261. The molecule has 0 aliphatic carbocycles. The summed E-state index contributed by atoms with van der Waals surface area (Å²) in [6.45, 7) is 0.787. The number of carbonyl (C=O) groups excluding carboxylic acids is 3. The highest BCUT2D eigenvalue weighted by Crippen LogP contribution is 2.27. The summed E-state index contributed by atoms with van der Waals surface area (Å²) in [7, 11) is 0. The summed E-state index contributed by atoms with van der Waals surface area (Å²) in [4.78, 5) is 41.6. The van der Waals surface area contributed by atoms with Gasteiger partial charge in [-0.1, -0.05) is 23.2 Å². The van der Waals surface area contributed by atoms with Gasteiger partial charge < -0.3 is 25.0 Å². The van der Waals surface area contributed by atoms with Crippen molar-refractivity contribution in [2.24, 2.45) is 0 Å². The number of benzene rings is 1. The number of thiophene rings is 2. The number of morpholine rings is 1. The number of nitrogens with zero attached hydrogens (tertiary/aromatic N) is 2. The maximum absolute atomic E-state index is 13.3. The van der Waals surface area contributed by atoms with Gasteiger partial charge in [0.15, 0.2) is 0 Å². The Labute approximate surface area is 219 Å². The van der Waals surface area contributed by atoms with E-state index in [1.165, 1.54) is 4.90 Å². The molecule has 0 radical (unpaired) electrons. The molecule has 1 atom stereocenters. The average Bonchev–Trinajstić information content (AvgIpc) is 3.49. The smallest absolute Gasteiger partial charge is 0.268 e. The largest absolute Gasteiger partial charge is 0.389 e. The fourth-order valence-corrected chi connectivity index (χ4v) is 5.43. The molecule has 2 N–H and O–H groups in total. The van der Waals surface area contributed by atoms with Gasteiger partial charge in [-0.25, -0.2) is 0 Å². The van der Waals surface area contributed by atoms with Crippen LogP contribution < -0.4 is 15.1 Å². The second kappa shape index (κ2) is 11.5. The molecule has 0 bridgehead atoms. The van der Waals surface area contributed by atoms with Crippen LogP contribution >= 0.6 is 45.9 Å². The van der Waals surface area contributed by atoms with Crippen molar-refractivity contribution in [2.45, 2.75) is 6.10 Å². The lowest BCUT2D eigenvalue weighted by atomic mass is 10.2. The van der Waals surface area contributed by atoms with Gasteiger partial charge in [0.05, 0.1) is 37.7 Å². The van der Waals surface area contributed by atoms with E-state index in [9.17, 15) is 19.5 Å². The zero-order chi connectivity index (χ0) is 24.9. The summed E-state index contributed by atoms with van der Waals surface area (Å²) in [6, 6.07) is 13.4. The number of halogens is 2. The number of aliphatic hydroxyl groups excluding tert-OH is 1. The van der Waals surface area contributed by atoms with E-state index in [2.05, 4.69) is 5.32 Å². The highest BCUT2D eigenvalue weighted by Gasteiger charge is 2.25. The van der Waals surface area contributed by atoms with Crippen LogP contribution in [0.3, 0.4) is 0 Å². The van der Waals surface area contributed by atoms with Crippen LogP contribution in [-0.4, -0.2) is 61.8 Å². The fourth-order valence-electron chi connectivity index (χ4n) is 3.48. The standard InChI is InChI=1S/C23H21Cl2N3O5S2/c24-19-7-5-17(34-19)22(31)26-11-16(29)12-28(23(32)18-6-8-20(25)35-18)15-3-1-14(2-4-15)27-9-10-33-13-21(27)30/h1-8,16,29H,9-13H2,(H,26,31). The number of aliphatic hydroxyl groups is 1. The Morgan fingerprint density at radius 3 is 2.31 bits per heavy atom. The van der Waals surface area contributed by atoms with Crippen molar-refractivity contribution in [1.82, 2.24) is 5.32 Å². The van der Waals surface area contributed by atoms with Crippen molar-refractivity contribution < 1.29 is 24.2 Å². The predicted octanol–water partition coefficient (Wildman–Crippen LogP) is 3.92. The lowest BCUT2D eigenvalue weighted by Gasteiger charge is -2.28. The number of rotatable bonds is 8. The minimum absolute atomic E-state index is 0.0289. The number of hydrogen-bond acceptors (Lipinski definition) is 7. The first-order chi connectivity index (χ1) is 16.8. The van der Waals surface area contributed by atoms with Crippen LogP contribution in [0.2, 0.25) is 8.67 Å². The van der Waals surface area contributed by atoms with Crippen molar-refractivity contribution in [3.05, 3.63) is 67.0 Å².